The number of benzene rings is 2. The SMILES string of the molecule is C#CCNC(=O)C1CC(N/C=C(\N)c2cccc(F)c2)C(O)[C@H](O[C@@H]2OC(CO)[C@H](O)C(N/C=C(\N=N)c3cccc(F)c3)C2O)C1. The number of aliphatic hydroxyl groups excluding tert-OH is 4. The van der Waals surface area contributed by atoms with Gasteiger partial charge in [0.25, 0.3) is 0 Å². The molecule has 252 valence electrons. The zero-order chi connectivity index (χ0) is 34.1. The molecule has 9 atom stereocenters. The summed E-state index contributed by atoms with van der Waals surface area (Å²) in [6.07, 6.45) is -0.280. The highest BCUT2D eigenvalue weighted by Gasteiger charge is 2.48. The lowest BCUT2D eigenvalue weighted by molar-refractivity contribution is -0.302. The van der Waals surface area contributed by atoms with Gasteiger partial charge in [0.2, 0.25) is 5.91 Å². The van der Waals surface area contributed by atoms with Crippen molar-refractivity contribution in [2.45, 2.75) is 61.7 Å². The van der Waals surface area contributed by atoms with Gasteiger partial charge in [0.05, 0.1) is 37.0 Å². The van der Waals surface area contributed by atoms with Crippen LogP contribution >= 0.6 is 0 Å². The van der Waals surface area contributed by atoms with Crippen LogP contribution in [-0.4, -0.2) is 88.4 Å². The molecule has 2 aromatic rings. The summed E-state index contributed by atoms with van der Waals surface area (Å²) >= 11 is 0. The Bertz CT molecular complexity index is 1500. The summed E-state index contributed by atoms with van der Waals surface area (Å²) in [6.45, 7) is -0.703. The molecule has 47 heavy (non-hydrogen) atoms. The molecule has 10 N–H and O–H groups in total. The van der Waals surface area contributed by atoms with E-state index in [1.54, 1.807) is 6.07 Å². The van der Waals surface area contributed by atoms with Crippen molar-refractivity contribution in [3.05, 3.63) is 83.7 Å². The minimum atomic E-state index is -1.61. The molecule has 6 unspecified atom stereocenters. The summed E-state index contributed by atoms with van der Waals surface area (Å²) in [4.78, 5) is 13.0. The van der Waals surface area contributed by atoms with Gasteiger partial charge in [-0.3, -0.25) is 4.79 Å². The van der Waals surface area contributed by atoms with Crippen molar-refractivity contribution in [1.82, 2.24) is 16.0 Å². The van der Waals surface area contributed by atoms with Crippen molar-refractivity contribution in [3.63, 3.8) is 0 Å². The van der Waals surface area contributed by atoms with Crippen LogP contribution in [-0.2, 0) is 14.3 Å². The molecule has 0 radical (unpaired) electrons. The molecule has 13 nitrogen and oxygen atoms in total. The Morgan fingerprint density at radius 2 is 1.74 bits per heavy atom. The average Bonchev–Trinajstić information content (AvgIpc) is 3.06. The van der Waals surface area contributed by atoms with Gasteiger partial charge >= 0.3 is 0 Å². The van der Waals surface area contributed by atoms with E-state index < -0.39 is 79.0 Å². The molecule has 1 saturated carbocycles. The number of carbonyl (C=O) groups is 1. The fourth-order valence-corrected chi connectivity index (χ4v) is 5.54. The molecule has 1 amide bonds. The number of ether oxygens (including phenoxy) is 2. The van der Waals surface area contributed by atoms with E-state index in [0.717, 1.165) is 6.07 Å². The Morgan fingerprint density at radius 1 is 1.06 bits per heavy atom. The number of amides is 1. The van der Waals surface area contributed by atoms with Gasteiger partial charge in [-0.25, -0.2) is 14.3 Å². The van der Waals surface area contributed by atoms with Gasteiger partial charge < -0.3 is 51.6 Å². The first-order valence-corrected chi connectivity index (χ1v) is 14.8. The summed E-state index contributed by atoms with van der Waals surface area (Å²) in [6, 6.07) is 8.85. The molecular formula is C32H38F2N6O7. The van der Waals surface area contributed by atoms with Crippen LogP contribution < -0.4 is 21.7 Å². The zero-order valence-electron chi connectivity index (χ0n) is 25.2. The predicted octanol–water partition coefficient (Wildman–Crippen LogP) is 0.512. The molecular weight excluding hydrogens is 618 g/mol. The maximum atomic E-state index is 13.8. The molecule has 1 saturated heterocycles. The third-order valence-electron chi connectivity index (χ3n) is 8.04. The summed E-state index contributed by atoms with van der Waals surface area (Å²) in [5.74, 6) is 0.152. The smallest absolute Gasteiger partial charge is 0.224 e. The Labute approximate surface area is 270 Å². The van der Waals surface area contributed by atoms with E-state index in [-0.39, 0.29) is 36.3 Å². The number of nitrogens with one attached hydrogen (secondary N) is 4. The monoisotopic (exact) mass is 656 g/mol. The largest absolute Gasteiger partial charge is 0.397 e. The lowest BCUT2D eigenvalue weighted by Gasteiger charge is -2.45. The molecule has 0 spiro atoms. The van der Waals surface area contributed by atoms with E-state index in [0.29, 0.717) is 5.56 Å². The number of terminal acetylenes is 1. The number of nitrogens with two attached hydrogens (primary N) is 1. The van der Waals surface area contributed by atoms with Crippen molar-refractivity contribution < 1.29 is 43.5 Å². The zero-order valence-corrected chi connectivity index (χ0v) is 25.2. The fraction of sp³-hybridized carbons (Fsp3) is 0.406. The third-order valence-corrected chi connectivity index (χ3v) is 8.04. The highest BCUT2D eigenvalue weighted by molar-refractivity contribution is 5.79. The van der Waals surface area contributed by atoms with E-state index in [1.165, 1.54) is 48.8 Å². The number of hydrogen-bond donors (Lipinski definition) is 9. The Hall–Kier alpha value is -4.43. The van der Waals surface area contributed by atoms with Gasteiger partial charge in [0.1, 0.15) is 41.7 Å². The van der Waals surface area contributed by atoms with Gasteiger partial charge in [0.15, 0.2) is 6.29 Å². The molecule has 4 rings (SSSR count). The van der Waals surface area contributed by atoms with Crippen LogP contribution in [0.15, 0.2) is 66.0 Å². The molecule has 1 aliphatic carbocycles. The highest BCUT2D eigenvalue weighted by Crippen LogP contribution is 2.32. The van der Waals surface area contributed by atoms with Crippen molar-refractivity contribution in [2.24, 2.45) is 16.8 Å². The Kier molecular flexibility index (Phi) is 12.4. The van der Waals surface area contributed by atoms with Crippen molar-refractivity contribution >= 4 is 17.3 Å². The standard InChI is InChI=1S/C32H38F2N6O7/c1-2-9-37-31(45)19-12-23(38-14-22(35)17-5-3-7-20(33)10-17)28(42)25(13-19)46-32-30(44)27(29(43)26(16-41)47-32)39-15-24(40-36)18-6-4-8-21(34)11-18/h1,3-8,10-11,14-15,19,23,25-30,32,36,38-39,41-44H,9,12-13,16,35H2,(H,37,45)/b22-14-,24-15-,40-36?/t19?,23?,25-,26?,27?,28?,29+,30?,32-/m1/s1. The van der Waals surface area contributed by atoms with Gasteiger partial charge in [-0.1, -0.05) is 30.2 Å². The molecule has 2 aliphatic rings. The van der Waals surface area contributed by atoms with E-state index in [2.05, 4.69) is 27.0 Å². The minimum Gasteiger partial charge on any atom is -0.397 e. The summed E-state index contributed by atoms with van der Waals surface area (Å²) in [5, 5.41) is 55.1. The van der Waals surface area contributed by atoms with Gasteiger partial charge in [-0.15, -0.1) is 6.42 Å². The highest BCUT2D eigenvalue weighted by atomic mass is 19.1. The number of hydrogen-bond acceptors (Lipinski definition) is 12. The summed E-state index contributed by atoms with van der Waals surface area (Å²) in [5.41, 5.74) is 14.4. The van der Waals surface area contributed by atoms with Crippen molar-refractivity contribution in [2.75, 3.05) is 13.2 Å². The molecule has 15 heteroatoms. The molecule has 2 aromatic carbocycles. The second kappa shape index (κ2) is 16.4. The van der Waals surface area contributed by atoms with Gasteiger partial charge in [-0.2, -0.15) is 5.11 Å². The number of aliphatic hydroxyl groups is 4. The van der Waals surface area contributed by atoms with E-state index in [4.69, 9.17) is 27.2 Å². The van der Waals surface area contributed by atoms with Crippen molar-refractivity contribution in [1.29, 1.82) is 5.53 Å². The first-order valence-electron chi connectivity index (χ1n) is 14.8. The van der Waals surface area contributed by atoms with Crippen LogP contribution in [0.2, 0.25) is 0 Å². The van der Waals surface area contributed by atoms with Crippen LogP contribution in [0.5, 0.6) is 0 Å². The molecule has 1 heterocycles. The normalized spacial score (nSPS) is 29.8. The summed E-state index contributed by atoms with van der Waals surface area (Å²) in [7, 11) is 0. The summed E-state index contributed by atoms with van der Waals surface area (Å²) < 4.78 is 39.2. The Balaban J connectivity index is 1.55. The molecule has 0 bridgehead atoms. The van der Waals surface area contributed by atoms with Crippen LogP contribution in [0, 0.1) is 35.4 Å². The van der Waals surface area contributed by atoms with E-state index in [1.807, 2.05) is 0 Å². The number of carbonyl (C=O) groups excluding carboxylic acids is 1. The number of nitrogens with zero attached hydrogens (tertiary/aromatic N) is 1. The second-order valence-corrected chi connectivity index (χ2v) is 11.2. The molecule has 1 aliphatic heterocycles. The number of halogens is 2. The van der Waals surface area contributed by atoms with Gasteiger partial charge in [0, 0.05) is 29.4 Å². The quantitative estimate of drug-likeness (QED) is 0.114. The maximum Gasteiger partial charge on any atom is 0.224 e. The third kappa shape index (κ3) is 8.89. The number of rotatable bonds is 12. The maximum absolute atomic E-state index is 13.8. The second-order valence-electron chi connectivity index (χ2n) is 11.2. The first-order chi connectivity index (χ1) is 22.6. The minimum absolute atomic E-state index is 0.0167. The van der Waals surface area contributed by atoms with Gasteiger partial charge in [-0.05, 0) is 37.1 Å². The molecule has 2 fully saturated rings. The van der Waals surface area contributed by atoms with Crippen LogP contribution in [0.25, 0.3) is 11.4 Å². The van der Waals surface area contributed by atoms with Crippen LogP contribution in [0.3, 0.4) is 0 Å². The van der Waals surface area contributed by atoms with Crippen LogP contribution in [0.4, 0.5) is 8.78 Å². The van der Waals surface area contributed by atoms with E-state index >= 15 is 0 Å². The fourth-order valence-electron chi connectivity index (χ4n) is 5.54. The van der Waals surface area contributed by atoms with E-state index in [9.17, 15) is 34.0 Å². The predicted molar refractivity (Wildman–Crippen MR) is 165 cm³/mol. The topological polar surface area (TPSA) is 215 Å². The lowest BCUT2D eigenvalue weighted by atomic mass is 9.81. The first kappa shape index (κ1) is 35.4. The lowest BCUT2D eigenvalue weighted by Crippen LogP contribution is -2.64. The molecule has 0 aromatic heterocycles. The van der Waals surface area contributed by atoms with Crippen molar-refractivity contribution in [3.8, 4) is 12.3 Å². The van der Waals surface area contributed by atoms with Crippen LogP contribution in [0.1, 0.15) is 24.0 Å². The average molecular weight is 657 g/mol. The Morgan fingerprint density at radius 3 is 2.38 bits per heavy atom.